The van der Waals surface area contributed by atoms with Gasteiger partial charge in [0.1, 0.15) is 18.4 Å². The molecule has 4 rings (SSSR count). The van der Waals surface area contributed by atoms with Gasteiger partial charge in [-0.1, -0.05) is 12.1 Å². The zero-order chi connectivity index (χ0) is 20.9. The Morgan fingerprint density at radius 3 is 2.50 bits per heavy atom. The van der Waals surface area contributed by atoms with E-state index in [4.69, 9.17) is 13.9 Å². The predicted molar refractivity (Wildman–Crippen MR) is 111 cm³/mol. The van der Waals surface area contributed by atoms with E-state index < -0.39 is 0 Å². The second-order valence-electron chi connectivity index (χ2n) is 7.75. The fraction of sp³-hybridized carbons (Fsp3) is 0.478. The van der Waals surface area contributed by atoms with Crippen LogP contribution in [0.15, 0.2) is 40.8 Å². The lowest BCUT2D eigenvalue weighted by molar-refractivity contribution is -0.136. The van der Waals surface area contributed by atoms with Crippen LogP contribution in [0.25, 0.3) is 0 Å². The van der Waals surface area contributed by atoms with Crippen molar-refractivity contribution in [1.82, 2.24) is 9.80 Å². The molecule has 2 aromatic rings. The zero-order valence-electron chi connectivity index (χ0n) is 17.3. The Bertz CT molecular complexity index is 887. The minimum atomic E-state index is -0.386. The molecular formula is C23H28N2O5. The quantitative estimate of drug-likeness (QED) is 0.726. The minimum absolute atomic E-state index is 0.0758. The fourth-order valence-corrected chi connectivity index (χ4v) is 4.18. The highest BCUT2D eigenvalue weighted by Crippen LogP contribution is 2.27. The topological polar surface area (TPSA) is 72.2 Å². The number of piperidine rings is 1. The second-order valence-corrected chi connectivity index (χ2v) is 7.75. The third-order valence-corrected chi connectivity index (χ3v) is 5.78. The first-order valence-electron chi connectivity index (χ1n) is 10.6. The number of benzene rings is 1. The number of rotatable bonds is 6. The summed E-state index contributed by atoms with van der Waals surface area (Å²) in [4.78, 5) is 29.6. The van der Waals surface area contributed by atoms with Crippen LogP contribution in [-0.2, 0) is 11.4 Å². The molecule has 0 aliphatic carbocycles. The van der Waals surface area contributed by atoms with Crippen molar-refractivity contribution in [2.24, 2.45) is 0 Å². The van der Waals surface area contributed by atoms with Crippen molar-refractivity contribution in [3.05, 3.63) is 47.9 Å². The number of amides is 2. The fourth-order valence-electron chi connectivity index (χ4n) is 4.18. The molecule has 2 aliphatic rings. The Hall–Kier alpha value is -2.96. The van der Waals surface area contributed by atoms with E-state index in [9.17, 15) is 9.59 Å². The van der Waals surface area contributed by atoms with Crippen LogP contribution in [-0.4, -0.2) is 54.4 Å². The van der Waals surface area contributed by atoms with E-state index in [0.29, 0.717) is 30.2 Å². The Morgan fingerprint density at radius 2 is 1.73 bits per heavy atom. The number of nitrogens with zero attached hydrogens (tertiary/aromatic N) is 2. The summed E-state index contributed by atoms with van der Waals surface area (Å²) in [6.45, 7) is 2.35. The molecule has 7 heteroatoms. The van der Waals surface area contributed by atoms with Crippen LogP contribution in [0.2, 0.25) is 0 Å². The molecule has 1 atom stereocenters. The maximum atomic E-state index is 13.1. The van der Waals surface area contributed by atoms with Crippen molar-refractivity contribution in [2.75, 3.05) is 26.7 Å². The van der Waals surface area contributed by atoms with Gasteiger partial charge in [-0.3, -0.25) is 9.59 Å². The van der Waals surface area contributed by atoms with Crippen molar-refractivity contribution >= 4 is 11.8 Å². The molecule has 0 spiro atoms. The van der Waals surface area contributed by atoms with E-state index in [1.165, 1.54) is 0 Å². The van der Waals surface area contributed by atoms with Gasteiger partial charge >= 0.3 is 0 Å². The molecular weight excluding hydrogens is 384 g/mol. The number of carbonyl (C=O) groups is 2. The van der Waals surface area contributed by atoms with Gasteiger partial charge in [0.25, 0.3) is 5.91 Å². The second kappa shape index (κ2) is 9.24. The van der Waals surface area contributed by atoms with Crippen molar-refractivity contribution < 1.29 is 23.5 Å². The zero-order valence-corrected chi connectivity index (χ0v) is 17.3. The van der Waals surface area contributed by atoms with Crippen LogP contribution >= 0.6 is 0 Å². The van der Waals surface area contributed by atoms with Gasteiger partial charge in [0.05, 0.1) is 7.11 Å². The number of methoxy groups -OCH3 is 1. The number of hydrogen-bond donors (Lipinski definition) is 0. The van der Waals surface area contributed by atoms with Crippen LogP contribution < -0.4 is 9.47 Å². The Labute approximate surface area is 176 Å². The molecule has 3 heterocycles. The largest absolute Gasteiger partial charge is 0.493 e. The molecule has 0 radical (unpaired) electrons. The van der Waals surface area contributed by atoms with E-state index in [1.807, 2.05) is 29.2 Å². The van der Waals surface area contributed by atoms with E-state index in [-0.39, 0.29) is 30.2 Å². The molecule has 2 saturated heterocycles. The number of hydrogen-bond acceptors (Lipinski definition) is 5. The van der Waals surface area contributed by atoms with Crippen molar-refractivity contribution in [3.8, 4) is 11.5 Å². The molecule has 0 bridgehead atoms. The Balaban J connectivity index is 1.42. The van der Waals surface area contributed by atoms with Crippen molar-refractivity contribution in [1.29, 1.82) is 0 Å². The van der Waals surface area contributed by atoms with Crippen LogP contribution in [0, 0.1) is 0 Å². The molecule has 0 saturated carbocycles. The third kappa shape index (κ3) is 4.30. The molecule has 1 aromatic heterocycles. The van der Waals surface area contributed by atoms with Gasteiger partial charge in [-0.25, -0.2) is 0 Å². The number of furan rings is 1. The standard InChI is InChI=1S/C23H28N2O5/c1-28-19-9-2-3-10-20(19)29-16-17-11-12-21(30-17)23(27)25-15-5-4-8-18(25)22(26)24-13-6-7-14-24/h2-3,9-12,18H,4-8,13-16H2,1H3. The number of para-hydroxylation sites is 2. The van der Waals surface area contributed by atoms with Gasteiger partial charge in [0, 0.05) is 19.6 Å². The van der Waals surface area contributed by atoms with Crippen LogP contribution in [0.1, 0.15) is 48.4 Å². The minimum Gasteiger partial charge on any atom is -0.493 e. The van der Waals surface area contributed by atoms with Gasteiger partial charge < -0.3 is 23.7 Å². The molecule has 2 aliphatic heterocycles. The lowest BCUT2D eigenvalue weighted by Crippen LogP contribution is -2.52. The predicted octanol–water partition coefficient (Wildman–Crippen LogP) is 3.48. The van der Waals surface area contributed by atoms with Crippen molar-refractivity contribution in [3.63, 3.8) is 0 Å². The maximum Gasteiger partial charge on any atom is 0.290 e. The number of ether oxygens (including phenoxy) is 2. The third-order valence-electron chi connectivity index (χ3n) is 5.78. The summed E-state index contributed by atoms with van der Waals surface area (Å²) < 4.78 is 16.8. The smallest absolute Gasteiger partial charge is 0.290 e. The van der Waals surface area contributed by atoms with Crippen LogP contribution in [0.3, 0.4) is 0 Å². The molecule has 0 N–H and O–H groups in total. The lowest BCUT2D eigenvalue weighted by atomic mass is 10.0. The maximum absolute atomic E-state index is 13.1. The van der Waals surface area contributed by atoms with E-state index >= 15 is 0 Å². The molecule has 30 heavy (non-hydrogen) atoms. The normalized spacial score (nSPS) is 19.0. The molecule has 160 valence electrons. The SMILES string of the molecule is COc1ccccc1OCc1ccc(C(=O)N2CCCCC2C(=O)N2CCCC2)o1. The summed E-state index contributed by atoms with van der Waals surface area (Å²) in [7, 11) is 1.59. The first kappa shape index (κ1) is 20.3. The van der Waals surface area contributed by atoms with E-state index in [1.54, 1.807) is 24.1 Å². The summed E-state index contributed by atoms with van der Waals surface area (Å²) in [5.41, 5.74) is 0. The molecule has 2 fully saturated rings. The van der Waals surface area contributed by atoms with Gasteiger partial charge in [-0.2, -0.15) is 0 Å². The molecule has 1 aromatic carbocycles. The highest BCUT2D eigenvalue weighted by Gasteiger charge is 2.36. The van der Waals surface area contributed by atoms with Gasteiger partial charge in [-0.15, -0.1) is 0 Å². The lowest BCUT2D eigenvalue weighted by Gasteiger charge is -2.36. The first-order valence-corrected chi connectivity index (χ1v) is 10.6. The monoisotopic (exact) mass is 412 g/mol. The summed E-state index contributed by atoms with van der Waals surface area (Å²) in [5.74, 6) is 1.88. The van der Waals surface area contributed by atoms with Gasteiger partial charge in [-0.05, 0) is 56.4 Å². The summed E-state index contributed by atoms with van der Waals surface area (Å²) >= 11 is 0. The average molecular weight is 412 g/mol. The van der Waals surface area contributed by atoms with Gasteiger partial charge in [0.15, 0.2) is 17.3 Å². The summed E-state index contributed by atoms with van der Waals surface area (Å²) in [5, 5.41) is 0. The Morgan fingerprint density at radius 1 is 1.00 bits per heavy atom. The van der Waals surface area contributed by atoms with Gasteiger partial charge in [0.2, 0.25) is 5.91 Å². The highest BCUT2D eigenvalue weighted by molar-refractivity contribution is 5.95. The number of carbonyl (C=O) groups excluding carboxylic acids is 2. The van der Waals surface area contributed by atoms with Crippen LogP contribution in [0.4, 0.5) is 0 Å². The average Bonchev–Trinajstić information content (AvgIpc) is 3.49. The summed E-state index contributed by atoms with van der Waals surface area (Å²) in [6, 6.07) is 10.4. The number of likely N-dealkylation sites (tertiary alicyclic amines) is 2. The summed E-state index contributed by atoms with van der Waals surface area (Å²) in [6.07, 6.45) is 4.66. The van der Waals surface area contributed by atoms with E-state index in [2.05, 4.69) is 0 Å². The van der Waals surface area contributed by atoms with E-state index in [0.717, 1.165) is 38.8 Å². The molecule has 2 amide bonds. The van der Waals surface area contributed by atoms with Crippen LogP contribution in [0.5, 0.6) is 11.5 Å². The van der Waals surface area contributed by atoms with Crippen molar-refractivity contribution in [2.45, 2.75) is 44.8 Å². The Kier molecular flexibility index (Phi) is 6.26. The molecule has 1 unspecified atom stereocenters. The first-order chi connectivity index (χ1) is 14.7. The highest BCUT2D eigenvalue weighted by atomic mass is 16.5. The molecule has 7 nitrogen and oxygen atoms in total.